The summed E-state index contributed by atoms with van der Waals surface area (Å²) >= 11 is 1.40. The van der Waals surface area contributed by atoms with Crippen molar-refractivity contribution in [2.45, 2.75) is 12.8 Å². The van der Waals surface area contributed by atoms with Crippen LogP contribution in [0.4, 0.5) is 5.69 Å². The van der Waals surface area contributed by atoms with E-state index >= 15 is 0 Å². The number of fused-ring (bicyclic) bond motifs is 3. The normalized spacial score (nSPS) is 11.8. The van der Waals surface area contributed by atoms with Crippen molar-refractivity contribution in [2.75, 3.05) is 19.0 Å². The quantitative estimate of drug-likeness (QED) is 0.617. The van der Waals surface area contributed by atoms with Crippen molar-refractivity contribution < 1.29 is 19.1 Å². The number of rotatable bonds is 5. The maximum Gasteiger partial charge on any atom is 0.348 e. The summed E-state index contributed by atoms with van der Waals surface area (Å²) in [5.74, 6) is -1.23. The van der Waals surface area contributed by atoms with E-state index in [1.165, 1.54) is 23.9 Å². The minimum atomic E-state index is -0.513. The minimum Gasteiger partial charge on any atom is -0.451 e. The molecule has 0 atom stereocenters. The first kappa shape index (κ1) is 19.8. The van der Waals surface area contributed by atoms with Crippen molar-refractivity contribution in [3.05, 3.63) is 76.2 Å². The maximum atomic E-state index is 12.5. The summed E-state index contributed by atoms with van der Waals surface area (Å²) < 4.78 is 5.21. The molecular weight excluding hydrogens is 400 g/mol. The highest BCUT2D eigenvalue weighted by atomic mass is 32.1. The fraction of sp³-hybridized carbons (Fsp3) is 0.174. The first-order valence-corrected chi connectivity index (χ1v) is 10.4. The van der Waals surface area contributed by atoms with Crippen molar-refractivity contribution in [1.82, 2.24) is 5.32 Å². The number of carbonyl (C=O) groups is 3. The highest BCUT2D eigenvalue weighted by molar-refractivity contribution is 7.17. The molecule has 2 amide bonds. The lowest BCUT2D eigenvalue weighted by Crippen LogP contribution is -2.21. The Bertz CT molecular complexity index is 1140. The number of benzene rings is 2. The van der Waals surface area contributed by atoms with Gasteiger partial charge >= 0.3 is 5.97 Å². The molecule has 152 valence electrons. The van der Waals surface area contributed by atoms with Gasteiger partial charge < -0.3 is 15.4 Å². The van der Waals surface area contributed by atoms with Crippen LogP contribution in [0.3, 0.4) is 0 Å². The van der Waals surface area contributed by atoms with E-state index in [1.807, 2.05) is 18.2 Å². The van der Waals surface area contributed by atoms with Crippen LogP contribution in [0.15, 0.2) is 54.6 Å². The summed E-state index contributed by atoms with van der Waals surface area (Å²) in [6.45, 7) is -0.401. The molecule has 0 bridgehead atoms. The number of hydrogen-bond acceptors (Lipinski definition) is 5. The van der Waals surface area contributed by atoms with Crippen LogP contribution in [0, 0.1) is 0 Å². The number of carbonyl (C=O) groups excluding carboxylic acids is 3. The number of thiophene rings is 1. The first-order valence-electron chi connectivity index (χ1n) is 9.55. The van der Waals surface area contributed by atoms with Crippen molar-refractivity contribution in [3.63, 3.8) is 0 Å². The van der Waals surface area contributed by atoms with Gasteiger partial charge in [0.15, 0.2) is 6.61 Å². The number of aryl methyl sites for hydroxylation is 2. The molecule has 2 N–H and O–H groups in total. The van der Waals surface area contributed by atoms with Crippen LogP contribution in [0.2, 0.25) is 0 Å². The lowest BCUT2D eigenvalue weighted by Gasteiger charge is -2.15. The molecule has 30 heavy (non-hydrogen) atoms. The van der Waals surface area contributed by atoms with Gasteiger partial charge in [-0.3, -0.25) is 9.59 Å². The Balaban J connectivity index is 1.38. The average molecular weight is 420 g/mol. The molecule has 0 saturated heterocycles. The van der Waals surface area contributed by atoms with Gasteiger partial charge in [-0.2, -0.15) is 0 Å². The largest absolute Gasteiger partial charge is 0.451 e. The van der Waals surface area contributed by atoms with Gasteiger partial charge in [0, 0.05) is 23.2 Å². The first-order chi connectivity index (χ1) is 14.5. The third kappa shape index (κ3) is 4.11. The fourth-order valence-corrected chi connectivity index (χ4v) is 4.62. The highest BCUT2D eigenvalue weighted by Gasteiger charge is 2.22. The van der Waals surface area contributed by atoms with E-state index in [0.717, 1.165) is 28.8 Å². The molecule has 7 heteroatoms. The minimum absolute atomic E-state index is 0.249. The molecule has 0 spiro atoms. The van der Waals surface area contributed by atoms with Gasteiger partial charge in [0.2, 0.25) is 0 Å². The van der Waals surface area contributed by atoms with E-state index < -0.39 is 18.5 Å². The summed E-state index contributed by atoms with van der Waals surface area (Å²) in [5.41, 5.74) is 4.47. The second kappa shape index (κ2) is 8.51. The van der Waals surface area contributed by atoms with Gasteiger partial charge in [-0.1, -0.05) is 30.3 Å². The van der Waals surface area contributed by atoms with Crippen LogP contribution in [0.5, 0.6) is 0 Å². The van der Waals surface area contributed by atoms with Gasteiger partial charge in [0.25, 0.3) is 11.8 Å². The Morgan fingerprint density at radius 1 is 1.00 bits per heavy atom. The molecule has 4 rings (SSSR count). The van der Waals surface area contributed by atoms with Crippen LogP contribution >= 0.6 is 11.3 Å². The molecule has 3 aromatic rings. The van der Waals surface area contributed by atoms with Crippen molar-refractivity contribution in [2.24, 2.45) is 0 Å². The zero-order valence-electron chi connectivity index (χ0n) is 16.4. The third-order valence-corrected chi connectivity index (χ3v) is 6.10. The van der Waals surface area contributed by atoms with E-state index in [4.69, 9.17) is 4.74 Å². The zero-order valence-corrected chi connectivity index (χ0v) is 17.2. The number of amides is 2. The molecule has 1 heterocycles. The summed E-state index contributed by atoms with van der Waals surface area (Å²) in [5, 5.41) is 5.16. The van der Waals surface area contributed by atoms with E-state index in [1.54, 1.807) is 24.3 Å². The van der Waals surface area contributed by atoms with E-state index in [9.17, 15) is 14.4 Å². The van der Waals surface area contributed by atoms with Gasteiger partial charge in [0.1, 0.15) is 4.88 Å². The number of anilines is 1. The summed E-state index contributed by atoms with van der Waals surface area (Å²) in [7, 11) is 1.54. The standard InChI is InChI=1S/C23H20N2O4S/c1-24-22(27)16-6-4-7-17(11-16)25-20(26)13-29-23(28)19-12-15-10-9-14-5-2-3-8-18(14)21(15)30-19/h2-8,11-12H,9-10,13H2,1H3,(H,24,27)(H,25,26). The van der Waals surface area contributed by atoms with Gasteiger partial charge in [0.05, 0.1) is 0 Å². The molecular formula is C23H20N2O4S. The predicted octanol–water partition coefficient (Wildman–Crippen LogP) is 3.67. The van der Waals surface area contributed by atoms with Gasteiger partial charge in [-0.05, 0) is 53.8 Å². The van der Waals surface area contributed by atoms with Crippen LogP contribution in [0.25, 0.3) is 10.4 Å². The Labute approximate surface area is 177 Å². The highest BCUT2D eigenvalue weighted by Crippen LogP contribution is 2.39. The number of nitrogens with one attached hydrogen (secondary N) is 2. The molecule has 6 nitrogen and oxygen atoms in total. The second-order valence-corrected chi connectivity index (χ2v) is 7.96. The molecule has 0 fully saturated rings. The van der Waals surface area contributed by atoms with Crippen molar-refractivity contribution in [1.29, 1.82) is 0 Å². The zero-order chi connectivity index (χ0) is 21.1. The van der Waals surface area contributed by atoms with E-state index in [2.05, 4.69) is 22.8 Å². The molecule has 1 aliphatic rings. The number of ether oxygens (including phenoxy) is 1. The van der Waals surface area contributed by atoms with Crippen LogP contribution < -0.4 is 10.6 Å². The smallest absolute Gasteiger partial charge is 0.348 e. The summed E-state index contributed by atoms with van der Waals surface area (Å²) in [4.78, 5) is 37.9. The molecule has 0 radical (unpaired) electrons. The van der Waals surface area contributed by atoms with Crippen LogP contribution in [-0.4, -0.2) is 31.4 Å². The topological polar surface area (TPSA) is 84.5 Å². The second-order valence-electron chi connectivity index (χ2n) is 6.91. The number of esters is 1. The molecule has 0 unspecified atom stereocenters. The fourth-order valence-electron chi connectivity index (χ4n) is 3.45. The Morgan fingerprint density at radius 2 is 1.80 bits per heavy atom. The van der Waals surface area contributed by atoms with E-state index in [-0.39, 0.29) is 5.91 Å². The number of hydrogen-bond donors (Lipinski definition) is 2. The third-order valence-electron chi connectivity index (χ3n) is 4.91. The maximum absolute atomic E-state index is 12.5. The molecule has 1 aliphatic carbocycles. The molecule has 1 aromatic heterocycles. The Hall–Kier alpha value is -3.45. The Morgan fingerprint density at radius 3 is 2.63 bits per heavy atom. The lowest BCUT2D eigenvalue weighted by atomic mass is 9.91. The SMILES string of the molecule is CNC(=O)c1cccc(NC(=O)COC(=O)c2cc3c(s2)-c2ccccc2CC3)c1. The van der Waals surface area contributed by atoms with Crippen LogP contribution in [-0.2, 0) is 22.4 Å². The van der Waals surface area contributed by atoms with Gasteiger partial charge in [-0.25, -0.2) is 4.79 Å². The van der Waals surface area contributed by atoms with Gasteiger partial charge in [-0.15, -0.1) is 11.3 Å². The van der Waals surface area contributed by atoms with Crippen LogP contribution in [0.1, 0.15) is 31.2 Å². The van der Waals surface area contributed by atoms with Crippen molar-refractivity contribution in [3.8, 4) is 10.4 Å². The van der Waals surface area contributed by atoms with E-state index in [0.29, 0.717) is 16.1 Å². The molecule has 0 saturated carbocycles. The molecule has 2 aromatic carbocycles. The molecule has 0 aliphatic heterocycles. The monoisotopic (exact) mass is 420 g/mol. The average Bonchev–Trinajstić information content (AvgIpc) is 3.22. The lowest BCUT2D eigenvalue weighted by molar-refractivity contribution is -0.119. The predicted molar refractivity (Wildman–Crippen MR) is 116 cm³/mol. The Kier molecular flexibility index (Phi) is 5.63. The van der Waals surface area contributed by atoms with Crippen molar-refractivity contribution >= 4 is 34.8 Å². The summed E-state index contributed by atoms with van der Waals surface area (Å²) in [6, 6.07) is 16.6. The summed E-state index contributed by atoms with van der Waals surface area (Å²) in [6.07, 6.45) is 1.84.